The summed E-state index contributed by atoms with van der Waals surface area (Å²) in [6.45, 7) is 3.38. The lowest BCUT2D eigenvalue weighted by atomic mass is 10.1. The normalized spacial score (nSPS) is 11.5. The summed E-state index contributed by atoms with van der Waals surface area (Å²) < 4.78 is 23.7. The second-order valence-corrected chi connectivity index (χ2v) is 6.48. The van der Waals surface area contributed by atoms with E-state index in [1.807, 2.05) is 0 Å². The molecule has 0 amide bonds. The van der Waals surface area contributed by atoms with E-state index in [1.165, 1.54) is 12.1 Å². The van der Waals surface area contributed by atoms with Gasteiger partial charge < -0.3 is 5.11 Å². The van der Waals surface area contributed by atoms with Crippen molar-refractivity contribution in [2.75, 3.05) is 5.75 Å². The summed E-state index contributed by atoms with van der Waals surface area (Å²) in [4.78, 5) is 0.215. The van der Waals surface area contributed by atoms with Crippen LogP contribution in [0.4, 0.5) is 0 Å². The van der Waals surface area contributed by atoms with Crippen molar-refractivity contribution < 1.29 is 13.5 Å². The van der Waals surface area contributed by atoms with E-state index in [1.54, 1.807) is 13.8 Å². The largest absolute Gasteiger partial charge is 0.498 e. The fourth-order valence-electron chi connectivity index (χ4n) is 1.54. The Morgan fingerprint density at radius 1 is 1.41 bits per heavy atom. The van der Waals surface area contributed by atoms with Gasteiger partial charge in [0.1, 0.15) is 0 Å². The van der Waals surface area contributed by atoms with Crippen molar-refractivity contribution in [1.29, 1.82) is 0 Å². The predicted molar refractivity (Wildman–Crippen MR) is 72.9 cm³/mol. The Hall–Kier alpha value is -0.650. The number of hydrogen-bond acceptors (Lipinski definition) is 3. The molecule has 1 aromatic rings. The summed E-state index contributed by atoms with van der Waals surface area (Å²) in [5, 5.41) is 9.16. The highest BCUT2D eigenvalue weighted by molar-refractivity contribution is 7.91. The Morgan fingerprint density at radius 2 is 2.00 bits per heavy atom. The van der Waals surface area contributed by atoms with E-state index in [4.69, 9.17) is 11.6 Å². The summed E-state index contributed by atoms with van der Waals surface area (Å²) in [6.07, 6.45) is 0.462. The van der Waals surface area contributed by atoms with Crippen LogP contribution in [0.15, 0.2) is 17.0 Å². The Morgan fingerprint density at radius 3 is 2.41 bits per heavy atom. The molecule has 0 heterocycles. The molecule has 1 aromatic carbocycles. The first-order valence-corrected chi connectivity index (χ1v) is 7.56. The molecular formula is C11H13ClO3S2. The van der Waals surface area contributed by atoms with Gasteiger partial charge in [-0.2, -0.15) is 0 Å². The van der Waals surface area contributed by atoms with Crippen LogP contribution in [0.5, 0.6) is 0 Å². The molecule has 0 atom stereocenters. The molecule has 0 aliphatic carbocycles. The van der Waals surface area contributed by atoms with Gasteiger partial charge in [-0.25, -0.2) is 8.42 Å². The van der Waals surface area contributed by atoms with Crippen molar-refractivity contribution in [3.63, 3.8) is 0 Å². The maximum absolute atomic E-state index is 11.9. The number of aliphatic hydroxyl groups excluding tert-OH is 1. The van der Waals surface area contributed by atoms with Crippen molar-refractivity contribution in [2.24, 2.45) is 0 Å². The smallest absolute Gasteiger partial charge is 0.190 e. The zero-order valence-electron chi connectivity index (χ0n) is 9.53. The molecule has 0 bridgehead atoms. The Labute approximate surface area is 111 Å². The van der Waals surface area contributed by atoms with Gasteiger partial charge in [0.15, 0.2) is 14.9 Å². The number of thiocarbonyl (C=S) groups is 1. The molecule has 17 heavy (non-hydrogen) atoms. The van der Waals surface area contributed by atoms with Gasteiger partial charge in [-0.1, -0.05) is 25.4 Å². The molecule has 0 fully saturated rings. The molecule has 0 aliphatic rings. The number of rotatable bonds is 4. The number of benzene rings is 1. The molecule has 0 aliphatic heterocycles. The lowest BCUT2D eigenvalue weighted by Gasteiger charge is -2.12. The van der Waals surface area contributed by atoms with Crippen LogP contribution in [0.1, 0.15) is 25.0 Å². The second kappa shape index (κ2) is 5.33. The average molecular weight is 293 g/mol. The van der Waals surface area contributed by atoms with Gasteiger partial charge in [0.25, 0.3) is 0 Å². The van der Waals surface area contributed by atoms with Crippen molar-refractivity contribution in [1.82, 2.24) is 0 Å². The SMILES string of the molecule is CCc1c(S(=O)(=O)CC)ccc(C(O)=S)c1Cl. The Bertz CT molecular complexity index is 550. The van der Waals surface area contributed by atoms with Gasteiger partial charge in [-0.15, -0.1) is 0 Å². The third-order valence-electron chi connectivity index (χ3n) is 2.50. The third-order valence-corrected chi connectivity index (χ3v) is 4.96. The van der Waals surface area contributed by atoms with Crippen molar-refractivity contribution in [3.05, 3.63) is 28.3 Å². The molecule has 94 valence electrons. The molecule has 1 rings (SSSR count). The number of sulfone groups is 1. The molecule has 0 aromatic heterocycles. The molecular weight excluding hydrogens is 280 g/mol. The molecule has 0 saturated heterocycles. The van der Waals surface area contributed by atoms with Crippen molar-refractivity contribution >= 4 is 38.7 Å². The summed E-state index contributed by atoms with van der Waals surface area (Å²) >= 11 is 10.7. The van der Waals surface area contributed by atoms with Gasteiger partial charge in [-0.05, 0) is 36.3 Å². The summed E-state index contributed by atoms with van der Waals surface area (Å²) in [7, 11) is -3.32. The molecule has 0 radical (unpaired) electrons. The number of aliphatic hydroxyl groups is 1. The number of hydrogen-bond donors (Lipinski definition) is 1. The fourth-order valence-corrected chi connectivity index (χ4v) is 3.42. The highest BCUT2D eigenvalue weighted by atomic mass is 35.5. The predicted octanol–water partition coefficient (Wildman–Crippen LogP) is 2.93. The van der Waals surface area contributed by atoms with E-state index in [0.29, 0.717) is 17.5 Å². The maximum atomic E-state index is 11.9. The van der Waals surface area contributed by atoms with Gasteiger partial charge in [0, 0.05) is 5.56 Å². The monoisotopic (exact) mass is 292 g/mol. The lowest BCUT2D eigenvalue weighted by Crippen LogP contribution is -2.09. The minimum Gasteiger partial charge on any atom is -0.498 e. The quantitative estimate of drug-likeness (QED) is 0.867. The van der Waals surface area contributed by atoms with E-state index >= 15 is 0 Å². The Balaban J connectivity index is 3.58. The molecule has 0 saturated carbocycles. The first kappa shape index (κ1) is 14.4. The van der Waals surface area contributed by atoms with Crippen LogP contribution in [0.25, 0.3) is 0 Å². The minimum absolute atomic E-state index is 0.0131. The van der Waals surface area contributed by atoms with Gasteiger partial charge in [0.2, 0.25) is 0 Å². The average Bonchev–Trinajstić information content (AvgIpc) is 2.27. The van der Waals surface area contributed by atoms with Crippen LogP contribution < -0.4 is 0 Å². The first-order valence-electron chi connectivity index (χ1n) is 5.12. The summed E-state index contributed by atoms with van der Waals surface area (Å²) in [6, 6.07) is 2.88. The van der Waals surface area contributed by atoms with Crippen molar-refractivity contribution in [3.8, 4) is 0 Å². The van der Waals surface area contributed by atoms with Crippen LogP contribution in [0, 0.1) is 0 Å². The first-order chi connectivity index (χ1) is 7.85. The van der Waals surface area contributed by atoms with Crippen molar-refractivity contribution in [2.45, 2.75) is 25.2 Å². The standard InChI is InChI=1S/C11H13ClO3S2/c1-3-7-9(17(14,15)4-2)6-5-8(10(7)12)11(13)16/h5-6H,3-4H2,1-2H3,(H,13,16). The van der Waals surface area contributed by atoms with Crippen LogP contribution in [-0.2, 0) is 16.3 Å². The van der Waals surface area contributed by atoms with E-state index in [9.17, 15) is 13.5 Å². The maximum Gasteiger partial charge on any atom is 0.190 e. The zero-order chi connectivity index (χ0) is 13.2. The molecule has 3 nitrogen and oxygen atoms in total. The van der Waals surface area contributed by atoms with Gasteiger partial charge in [0.05, 0.1) is 15.7 Å². The van der Waals surface area contributed by atoms with Crippen LogP contribution in [0.2, 0.25) is 5.02 Å². The zero-order valence-corrected chi connectivity index (χ0v) is 11.9. The van der Waals surface area contributed by atoms with E-state index in [0.717, 1.165) is 0 Å². The number of halogens is 1. The molecule has 1 N–H and O–H groups in total. The molecule has 0 spiro atoms. The van der Waals surface area contributed by atoms with Gasteiger partial charge >= 0.3 is 0 Å². The van der Waals surface area contributed by atoms with Crippen LogP contribution in [0.3, 0.4) is 0 Å². The van der Waals surface area contributed by atoms with E-state index < -0.39 is 9.84 Å². The van der Waals surface area contributed by atoms with E-state index in [2.05, 4.69) is 12.2 Å². The Kier molecular flexibility index (Phi) is 4.52. The third kappa shape index (κ3) is 2.78. The second-order valence-electron chi connectivity index (χ2n) is 3.47. The fraction of sp³-hybridized carbons (Fsp3) is 0.364. The van der Waals surface area contributed by atoms with Crippen LogP contribution in [-0.4, -0.2) is 24.3 Å². The van der Waals surface area contributed by atoms with Crippen LogP contribution >= 0.6 is 23.8 Å². The summed E-state index contributed by atoms with van der Waals surface area (Å²) in [5.41, 5.74) is 0.802. The highest BCUT2D eigenvalue weighted by Gasteiger charge is 2.20. The molecule has 6 heteroatoms. The molecule has 0 unspecified atom stereocenters. The summed E-state index contributed by atoms with van der Waals surface area (Å²) in [5.74, 6) is 0.0131. The lowest BCUT2D eigenvalue weighted by molar-refractivity contribution is 0.570. The van der Waals surface area contributed by atoms with Gasteiger partial charge in [-0.3, -0.25) is 0 Å². The van der Waals surface area contributed by atoms with E-state index in [-0.39, 0.29) is 20.7 Å². The highest BCUT2D eigenvalue weighted by Crippen LogP contribution is 2.29. The topological polar surface area (TPSA) is 54.4 Å². The minimum atomic E-state index is -3.32.